The number of imidazole rings is 1. The van der Waals surface area contributed by atoms with Gasteiger partial charge in [0.05, 0.1) is 6.33 Å². The summed E-state index contributed by atoms with van der Waals surface area (Å²) in [6, 6.07) is 4.30. The molecule has 16 heavy (non-hydrogen) atoms. The average molecular weight is 218 g/mol. The minimum Gasteiger partial charge on any atom is -0.340 e. The van der Waals surface area contributed by atoms with E-state index in [2.05, 4.69) is 4.98 Å². The van der Waals surface area contributed by atoms with Crippen LogP contribution in [0, 0.1) is 12.7 Å². The lowest BCUT2D eigenvalue weighted by Crippen LogP contribution is -2.02. The second kappa shape index (κ2) is 3.89. The van der Waals surface area contributed by atoms with Crippen molar-refractivity contribution in [3.05, 3.63) is 53.4 Å². The van der Waals surface area contributed by atoms with E-state index in [0.29, 0.717) is 16.8 Å². The topological polar surface area (TPSA) is 34.9 Å². The Morgan fingerprint density at radius 2 is 2.19 bits per heavy atom. The number of carbonyl (C=O) groups excluding carboxylic acids is 1. The van der Waals surface area contributed by atoms with Gasteiger partial charge in [0.15, 0.2) is 0 Å². The van der Waals surface area contributed by atoms with E-state index in [4.69, 9.17) is 0 Å². The lowest BCUT2D eigenvalue weighted by Gasteiger charge is -2.00. The molecular weight excluding hydrogens is 207 g/mol. The molecule has 0 saturated heterocycles. The van der Waals surface area contributed by atoms with Gasteiger partial charge in [0.2, 0.25) is 5.78 Å². The number of nitrogens with zero attached hydrogens (tertiary/aromatic N) is 2. The second-order valence-corrected chi connectivity index (χ2v) is 3.72. The maximum absolute atomic E-state index is 13.0. The van der Waals surface area contributed by atoms with E-state index in [1.807, 2.05) is 0 Å². The molecule has 0 atom stereocenters. The highest BCUT2D eigenvalue weighted by molar-refractivity contribution is 6.07. The average Bonchev–Trinajstić information content (AvgIpc) is 2.68. The Morgan fingerprint density at radius 3 is 2.75 bits per heavy atom. The van der Waals surface area contributed by atoms with Gasteiger partial charge in [-0.15, -0.1) is 0 Å². The molecule has 0 N–H and O–H groups in total. The number of hydrogen-bond donors (Lipinski definition) is 0. The molecule has 0 amide bonds. The van der Waals surface area contributed by atoms with Crippen LogP contribution in [0.5, 0.6) is 0 Å². The number of aromatic nitrogens is 2. The summed E-state index contributed by atoms with van der Waals surface area (Å²) < 4.78 is 14.7. The summed E-state index contributed by atoms with van der Waals surface area (Å²) in [5.74, 6) is -0.499. The van der Waals surface area contributed by atoms with E-state index in [1.54, 1.807) is 31.1 Å². The summed E-state index contributed by atoms with van der Waals surface area (Å²) >= 11 is 0. The van der Waals surface area contributed by atoms with Gasteiger partial charge in [-0.25, -0.2) is 9.37 Å². The van der Waals surface area contributed by atoms with Crippen LogP contribution in [0.3, 0.4) is 0 Å². The van der Waals surface area contributed by atoms with E-state index in [0.717, 1.165) is 0 Å². The van der Waals surface area contributed by atoms with Crippen molar-refractivity contribution in [1.82, 2.24) is 9.55 Å². The van der Waals surface area contributed by atoms with Crippen molar-refractivity contribution < 1.29 is 9.18 Å². The van der Waals surface area contributed by atoms with Gasteiger partial charge in [0.1, 0.15) is 11.5 Å². The predicted molar refractivity (Wildman–Crippen MR) is 57.8 cm³/mol. The van der Waals surface area contributed by atoms with Crippen molar-refractivity contribution in [1.29, 1.82) is 0 Å². The van der Waals surface area contributed by atoms with Gasteiger partial charge in [-0.1, -0.05) is 0 Å². The molecule has 0 bridgehead atoms. The Balaban J connectivity index is 2.38. The number of carbonyl (C=O) groups is 1. The van der Waals surface area contributed by atoms with Gasteiger partial charge in [-0.05, 0) is 30.7 Å². The van der Waals surface area contributed by atoms with Gasteiger partial charge in [-0.2, -0.15) is 0 Å². The molecule has 0 radical (unpaired) electrons. The summed E-state index contributed by atoms with van der Waals surface area (Å²) in [7, 11) is 1.79. The van der Waals surface area contributed by atoms with Gasteiger partial charge in [-0.3, -0.25) is 4.79 Å². The Kier molecular flexibility index (Phi) is 2.56. The standard InChI is InChI=1S/C12H11FN2O/c1-8-5-9(3-4-10(8)13)12(16)11-6-15(2)7-14-11/h3-7H,1-2H3. The molecule has 0 unspecified atom stereocenters. The molecular formula is C12H11FN2O. The maximum Gasteiger partial charge on any atom is 0.212 e. The zero-order chi connectivity index (χ0) is 11.7. The monoisotopic (exact) mass is 218 g/mol. The molecule has 0 saturated carbocycles. The third kappa shape index (κ3) is 1.86. The first kappa shape index (κ1) is 10.5. The number of rotatable bonds is 2. The van der Waals surface area contributed by atoms with Crippen molar-refractivity contribution in [3.63, 3.8) is 0 Å². The summed E-state index contributed by atoms with van der Waals surface area (Å²) in [6.07, 6.45) is 3.20. The van der Waals surface area contributed by atoms with Gasteiger partial charge in [0, 0.05) is 18.8 Å². The van der Waals surface area contributed by atoms with Crippen molar-refractivity contribution in [2.45, 2.75) is 6.92 Å². The van der Waals surface area contributed by atoms with Gasteiger partial charge >= 0.3 is 0 Å². The molecule has 3 nitrogen and oxygen atoms in total. The smallest absolute Gasteiger partial charge is 0.212 e. The lowest BCUT2D eigenvalue weighted by atomic mass is 10.1. The summed E-state index contributed by atoms with van der Waals surface area (Å²) in [5.41, 5.74) is 1.29. The Hall–Kier alpha value is -1.97. The molecule has 4 heteroatoms. The Bertz CT molecular complexity index is 546. The molecule has 2 aromatic rings. The van der Waals surface area contributed by atoms with Crippen LogP contribution < -0.4 is 0 Å². The van der Waals surface area contributed by atoms with Crippen molar-refractivity contribution in [3.8, 4) is 0 Å². The quantitative estimate of drug-likeness (QED) is 0.723. The minimum absolute atomic E-state index is 0.191. The number of aryl methyl sites for hydroxylation is 2. The molecule has 2 rings (SSSR count). The molecule has 0 spiro atoms. The number of benzene rings is 1. The number of hydrogen-bond acceptors (Lipinski definition) is 2. The summed E-state index contributed by atoms with van der Waals surface area (Å²) in [5, 5.41) is 0. The van der Waals surface area contributed by atoms with E-state index >= 15 is 0 Å². The third-order valence-electron chi connectivity index (χ3n) is 2.36. The van der Waals surface area contributed by atoms with Crippen LogP contribution in [0.25, 0.3) is 0 Å². The van der Waals surface area contributed by atoms with Crippen LogP contribution in [0.1, 0.15) is 21.6 Å². The van der Waals surface area contributed by atoms with Gasteiger partial charge < -0.3 is 4.57 Å². The first-order valence-corrected chi connectivity index (χ1v) is 4.87. The molecule has 1 aromatic carbocycles. The van der Waals surface area contributed by atoms with Crippen LogP contribution in [0.2, 0.25) is 0 Å². The van der Waals surface area contributed by atoms with E-state index in [1.165, 1.54) is 18.2 Å². The minimum atomic E-state index is -0.308. The zero-order valence-electron chi connectivity index (χ0n) is 9.07. The lowest BCUT2D eigenvalue weighted by molar-refractivity contribution is 0.103. The van der Waals surface area contributed by atoms with Gasteiger partial charge in [0.25, 0.3) is 0 Å². The van der Waals surface area contributed by atoms with Crippen LogP contribution in [-0.4, -0.2) is 15.3 Å². The summed E-state index contributed by atoms with van der Waals surface area (Å²) in [6.45, 7) is 1.63. The van der Waals surface area contributed by atoms with Crippen LogP contribution in [0.15, 0.2) is 30.7 Å². The largest absolute Gasteiger partial charge is 0.340 e. The first-order chi connectivity index (χ1) is 7.58. The molecule has 82 valence electrons. The second-order valence-electron chi connectivity index (χ2n) is 3.72. The fourth-order valence-corrected chi connectivity index (χ4v) is 1.46. The molecule has 1 aromatic heterocycles. The molecule has 0 aliphatic heterocycles. The fourth-order valence-electron chi connectivity index (χ4n) is 1.46. The third-order valence-corrected chi connectivity index (χ3v) is 2.36. The zero-order valence-corrected chi connectivity index (χ0v) is 9.07. The van der Waals surface area contributed by atoms with Crippen LogP contribution >= 0.6 is 0 Å². The number of halogens is 1. The SMILES string of the molecule is Cc1cc(C(=O)c2cn(C)cn2)ccc1F. The van der Waals surface area contributed by atoms with E-state index in [9.17, 15) is 9.18 Å². The summed E-state index contributed by atoms with van der Waals surface area (Å²) in [4.78, 5) is 15.9. The Labute approximate surface area is 92.5 Å². The molecule has 0 aliphatic rings. The van der Waals surface area contributed by atoms with E-state index in [-0.39, 0.29) is 11.6 Å². The molecule has 1 heterocycles. The van der Waals surface area contributed by atoms with Crippen LogP contribution in [0.4, 0.5) is 4.39 Å². The van der Waals surface area contributed by atoms with Crippen molar-refractivity contribution in [2.75, 3.05) is 0 Å². The number of ketones is 1. The molecule has 0 fully saturated rings. The molecule has 0 aliphatic carbocycles. The maximum atomic E-state index is 13.0. The highest BCUT2D eigenvalue weighted by atomic mass is 19.1. The first-order valence-electron chi connectivity index (χ1n) is 4.87. The van der Waals surface area contributed by atoms with Crippen molar-refractivity contribution >= 4 is 5.78 Å². The highest BCUT2D eigenvalue weighted by Crippen LogP contribution is 2.12. The van der Waals surface area contributed by atoms with E-state index < -0.39 is 0 Å². The predicted octanol–water partition coefficient (Wildman–Crippen LogP) is 2.10. The van der Waals surface area contributed by atoms with Crippen LogP contribution in [-0.2, 0) is 7.05 Å². The normalized spacial score (nSPS) is 10.4. The fraction of sp³-hybridized carbons (Fsp3) is 0.167. The Morgan fingerprint density at radius 1 is 1.44 bits per heavy atom. The van der Waals surface area contributed by atoms with Crippen molar-refractivity contribution in [2.24, 2.45) is 7.05 Å². The highest BCUT2D eigenvalue weighted by Gasteiger charge is 2.12.